The van der Waals surface area contributed by atoms with Crippen molar-refractivity contribution in [2.75, 3.05) is 0 Å². The van der Waals surface area contributed by atoms with Crippen molar-refractivity contribution in [1.82, 2.24) is 0 Å². The lowest BCUT2D eigenvalue weighted by molar-refractivity contribution is -0.0430. The Morgan fingerprint density at radius 3 is 2.42 bits per heavy atom. The Bertz CT molecular complexity index is 1570. The molecule has 208 valence electrons. The van der Waals surface area contributed by atoms with Crippen molar-refractivity contribution in [3.8, 4) is 5.75 Å². The third-order valence-corrected chi connectivity index (χ3v) is 10.4. The second-order valence-electron chi connectivity index (χ2n) is 11.5. The fourth-order valence-electron chi connectivity index (χ4n) is 7.56. The molecule has 0 radical (unpaired) electrons. The summed E-state index contributed by atoms with van der Waals surface area (Å²) in [6.07, 6.45) is 5.11. The molecule has 0 heterocycles. The third kappa shape index (κ3) is 4.73. The van der Waals surface area contributed by atoms with Gasteiger partial charge in [0.2, 0.25) is 0 Å². The Balaban J connectivity index is 1.18. The van der Waals surface area contributed by atoms with E-state index >= 15 is 0 Å². The Kier molecular flexibility index (Phi) is 6.79. The molecule has 3 aliphatic rings. The zero-order valence-corrected chi connectivity index (χ0v) is 23.1. The van der Waals surface area contributed by atoms with Crippen LogP contribution in [0.3, 0.4) is 0 Å². The van der Waals surface area contributed by atoms with Crippen LogP contribution in [0.15, 0.2) is 77.7 Å². The second-order valence-corrected chi connectivity index (χ2v) is 12.9. The van der Waals surface area contributed by atoms with Crippen molar-refractivity contribution >= 4 is 22.1 Å². The summed E-state index contributed by atoms with van der Waals surface area (Å²) in [6.45, 7) is 2.20. The monoisotopic (exact) mass is 560 g/mol. The summed E-state index contributed by atoms with van der Waals surface area (Å²) in [4.78, 5) is 25.2. The largest absolute Gasteiger partial charge is 0.458 e. The Morgan fingerprint density at radius 1 is 0.900 bits per heavy atom. The van der Waals surface area contributed by atoms with Crippen LogP contribution < -0.4 is 4.74 Å². The maximum absolute atomic E-state index is 13.1. The fraction of sp³-hybridized carbons (Fsp3) is 0.375. The summed E-state index contributed by atoms with van der Waals surface area (Å²) < 4.78 is 44.8. The van der Waals surface area contributed by atoms with E-state index in [-0.39, 0.29) is 23.1 Å². The van der Waals surface area contributed by atoms with Gasteiger partial charge in [-0.2, -0.15) is 8.42 Å². The standard InChI is InChI=1S/C32H32O7S/c1-32-18-17-24-23-14-12-22(38-30(33)20-7-3-2-4-8-20)19-21(23)11-13-25(24)27(32)15-16-29(32)39-31(34)26-9-5-6-10-28(26)40(35,36)37/h2-10,12,14,19,24-25,27,29H,11,13,15-18H2,1H3,(H,35,36,37)/t24?,25?,27?,29-,32-/m0/s1. The number of carbonyl (C=O) groups excluding carboxylic acids is 2. The lowest BCUT2D eigenvalue weighted by atomic mass is 9.55. The van der Waals surface area contributed by atoms with Gasteiger partial charge in [0.05, 0.1) is 11.1 Å². The van der Waals surface area contributed by atoms with Gasteiger partial charge in [-0.15, -0.1) is 0 Å². The van der Waals surface area contributed by atoms with Crippen LogP contribution in [0.4, 0.5) is 0 Å². The molecule has 3 aliphatic carbocycles. The van der Waals surface area contributed by atoms with Crippen LogP contribution in [0.1, 0.15) is 76.8 Å². The zero-order valence-electron chi connectivity index (χ0n) is 22.3. The van der Waals surface area contributed by atoms with Gasteiger partial charge >= 0.3 is 11.9 Å². The molecule has 2 fully saturated rings. The first-order valence-corrected chi connectivity index (χ1v) is 15.3. The molecule has 3 unspecified atom stereocenters. The van der Waals surface area contributed by atoms with Crippen molar-refractivity contribution in [1.29, 1.82) is 0 Å². The molecule has 40 heavy (non-hydrogen) atoms. The Labute approximate surface area is 234 Å². The van der Waals surface area contributed by atoms with E-state index in [0.29, 0.717) is 29.1 Å². The van der Waals surface area contributed by atoms with E-state index in [1.165, 1.54) is 29.3 Å². The molecule has 5 atom stereocenters. The molecule has 8 heteroatoms. The predicted molar refractivity (Wildman–Crippen MR) is 148 cm³/mol. The summed E-state index contributed by atoms with van der Waals surface area (Å²) in [5.74, 6) is 0.713. The number of hydrogen-bond acceptors (Lipinski definition) is 6. The predicted octanol–water partition coefficient (Wildman–Crippen LogP) is 6.23. The highest BCUT2D eigenvalue weighted by molar-refractivity contribution is 7.86. The first-order valence-electron chi connectivity index (χ1n) is 13.8. The molecule has 0 spiro atoms. The number of carbonyl (C=O) groups is 2. The summed E-state index contributed by atoms with van der Waals surface area (Å²) in [6, 6.07) is 20.6. The van der Waals surface area contributed by atoms with Gasteiger partial charge in [-0.1, -0.05) is 43.3 Å². The minimum absolute atomic E-state index is 0.138. The highest BCUT2D eigenvalue weighted by atomic mass is 32.2. The number of benzene rings is 3. The normalized spacial score (nSPS) is 27.1. The van der Waals surface area contributed by atoms with Gasteiger partial charge in [0.1, 0.15) is 16.7 Å². The van der Waals surface area contributed by atoms with Crippen LogP contribution in [-0.4, -0.2) is 31.0 Å². The molecular formula is C32H32O7S. The third-order valence-electron chi connectivity index (χ3n) is 9.47. The Morgan fingerprint density at radius 2 is 1.65 bits per heavy atom. The van der Waals surface area contributed by atoms with Gasteiger partial charge in [-0.3, -0.25) is 4.55 Å². The average molecular weight is 561 g/mol. The first kappa shape index (κ1) is 26.7. The van der Waals surface area contributed by atoms with Crippen LogP contribution in [0.2, 0.25) is 0 Å². The van der Waals surface area contributed by atoms with E-state index in [1.54, 1.807) is 18.2 Å². The number of esters is 2. The molecule has 0 aliphatic heterocycles. The van der Waals surface area contributed by atoms with Crippen LogP contribution in [0.5, 0.6) is 5.75 Å². The molecule has 7 nitrogen and oxygen atoms in total. The summed E-state index contributed by atoms with van der Waals surface area (Å²) >= 11 is 0. The Hall–Kier alpha value is -3.49. The van der Waals surface area contributed by atoms with Crippen molar-refractivity contribution in [3.05, 3.63) is 95.1 Å². The van der Waals surface area contributed by atoms with Gasteiger partial charge < -0.3 is 9.47 Å². The average Bonchev–Trinajstić information content (AvgIpc) is 3.28. The maximum Gasteiger partial charge on any atom is 0.343 e. The quantitative estimate of drug-likeness (QED) is 0.224. The van der Waals surface area contributed by atoms with Crippen molar-refractivity contribution in [2.45, 2.75) is 62.4 Å². The lowest BCUT2D eigenvalue weighted by Crippen LogP contribution is -2.45. The number of hydrogen-bond donors (Lipinski definition) is 1. The SMILES string of the molecule is C[C@]12CCC3c4ccc(OC(=O)c5ccccc5)cc4CCC3C1CC[C@@H]2OC(=O)c1ccccc1S(=O)(=O)O. The van der Waals surface area contributed by atoms with Crippen LogP contribution in [0.25, 0.3) is 0 Å². The van der Waals surface area contributed by atoms with Gasteiger partial charge in [0.25, 0.3) is 10.1 Å². The first-order chi connectivity index (χ1) is 19.1. The molecule has 3 aromatic rings. The summed E-state index contributed by atoms with van der Waals surface area (Å²) in [7, 11) is -4.55. The molecule has 2 saturated carbocycles. The van der Waals surface area contributed by atoms with Gasteiger partial charge in [-0.05, 0) is 104 Å². The smallest absolute Gasteiger partial charge is 0.343 e. The van der Waals surface area contributed by atoms with Crippen LogP contribution in [0, 0.1) is 17.3 Å². The highest BCUT2D eigenvalue weighted by Crippen LogP contribution is 2.61. The van der Waals surface area contributed by atoms with E-state index in [0.717, 1.165) is 38.5 Å². The number of fused-ring (bicyclic) bond motifs is 5. The molecule has 6 rings (SSSR count). The summed E-state index contributed by atoms with van der Waals surface area (Å²) in [5, 5.41) is 0. The minimum Gasteiger partial charge on any atom is -0.458 e. The maximum atomic E-state index is 13.1. The van der Waals surface area contributed by atoms with Crippen LogP contribution in [-0.2, 0) is 21.3 Å². The fourth-order valence-corrected chi connectivity index (χ4v) is 8.24. The van der Waals surface area contributed by atoms with Crippen LogP contribution >= 0.6 is 0 Å². The molecule has 3 aromatic carbocycles. The van der Waals surface area contributed by atoms with E-state index in [1.807, 2.05) is 30.3 Å². The molecule has 0 bridgehead atoms. The number of rotatable bonds is 5. The van der Waals surface area contributed by atoms with E-state index in [2.05, 4.69) is 13.0 Å². The topological polar surface area (TPSA) is 107 Å². The van der Waals surface area contributed by atoms with Crippen molar-refractivity contribution in [2.24, 2.45) is 17.3 Å². The van der Waals surface area contributed by atoms with Gasteiger partial charge in [-0.25, -0.2) is 9.59 Å². The molecule has 0 aromatic heterocycles. The van der Waals surface area contributed by atoms with Gasteiger partial charge in [0, 0.05) is 5.41 Å². The van der Waals surface area contributed by atoms with Gasteiger partial charge in [0.15, 0.2) is 0 Å². The van der Waals surface area contributed by atoms with E-state index < -0.39 is 21.0 Å². The van der Waals surface area contributed by atoms with Crippen molar-refractivity contribution < 1.29 is 32.0 Å². The molecular weight excluding hydrogens is 528 g/mol. The zero-order chi connectivity index (χ0) is 28.1. The number of ether oxygens (including phenoxy) is 2. The highest BCUT2D eigenvalue weighted by Gasteiger charge is 2.56. The molecule has 1 N–H and O–H groups in total. The van der Waals surface area contributed by atoms with E-state index in [4.69, 9.17) is 9.47 Å². The lowest BCUT2D eigenvalue weighted by Gasteiger charge is -2.50. The second kappa shape index (κ2) is 10.2. The number of aryl methyl sites for hydroxylation is 1. The summed E-state index contributed by atoms with van der Waals surface area (Å²) in [5.41, 5.74) is 2.73. The molecule has 0 amide bonds. The van der Waals surface area contributed by atoms with E-state index in [9.17, 15) is 22.6 Å². The minimum atomic E-state index is -4.55. The molecule has 0 saturated heterocycles. The van der Waals surface area contributed by atoms with Crippen molar-refractivity contribution in [3.63, 3.8) is 0 Å².